The number of aliphatic hydroxyl groups excluding tert-OH is 6. The molecule has 35 heteroatoms. The van der Waals surface area contributed by atoms with E-state index in [1.807, 2.05) is 39.0 Å². The van der Waals surface area contributed by atoms with Crippen LogP contribution in [0.4, 0.5) is 5.69 Å². The smallest absolute Gasteiger partial charge is 0.255 e. The average molecular weight is 1750 g/mol. The maximum absolute atomic E-state index is 14.1. The molecule has 6 aromatic rings. The van der Waals surface area contributed by atoms with E-state index < -0.39 is 174 Å². The van der Waals surface area contributed by atoms with Crippen LogP contribution in [0.15, 0.2) is 139 Å². The van der Waals surface area contributed by atoms with E-state index in [2.05, 4.69) is 39.5 Å². The number of anilines is 1. The minimum atomic E-state index is -2.72. The molecule has 672 valence electrons. The third-order valence-electron chi connectivity index (χ3n) is 26.8. The predicted octanol–water partition coefficient (Wildman–Crippen LogP) is 4.32. The number of primary amides is 3. The molecule has 4 aromatic carbocycles. The number of hydrogen-bond acceptors (Lipinski definition) is 32. The number of benzene rings is 4. The fourth-order valence-corrected chi connectivity index (χ4v) is 20.7. The summed E-state index contributed by atoms with van der Waals surface area (Å²) in [4.78, 5) is 142. The molecule has 12 atom stereocenters. The number of furan rings is 1. The summed E-state index contributed by atoms with van der Waals surface area (Å²) < 4.78 is 11.0. The van der Waals surface area contributed by atoms with Crippen molar-refractivity contribution >= 4 is 81.2 Å². The zero-order valence-corrected chi connectivity index (χ0v) is 72.2. The van der Waals surface area contributed by atoms with E-state index in [-0.39, 0.29) is 119 Å². The highest BCUT2D eigenvalue weighted by molar-refractivity contribution is 6.27. The SMILES string of the molecule is CN(C)[C@H]1C(=O)C(C(N)=O)=C(O)[C@@]2(O)C(=O)C3=C(O)c4c(O)ccc(-c5ccc(CNC(C)(C)C)o5)c4C[C@H]3C[C@@H]12.CN(C)c1cc(CCC(=O)c2ccno2)c(O)c2c1C[C@H]1C[C@H]3[C@@H](N(C)C)C(=O)C(C(N)=O)=C(O)[C@@]3(O)C(=O)C1=C2O.CN1CCN(Cc2ccc(-c3ccc(O)c4c3C[C@H]3C[C@H]5[C@@H](N(C)C)C(=O)C(C(N)=O)=C(O)[C@@]5(O)C(=O)C3=C4O)cc2)CC1. The number of aliphatic hydroxyl groups is 9. The van der Waals surface area contributed by atoms with Crippen molar-refractivity contribution in [3.63, 3.8) is 0 Å². The number of aromatic hydroxyl groups is 3. The third-order valence-corrected chi connectivity index (χ3v) is 26.8. The second-order valence-corrected chi connectivity index (χ2v) is 36.5. The monoisotopic (exact) mass is 1750 g/mol. The second kappa shape index (κ2) is 33.4. The van der Waals surface area contributed by atoms with Crippen LogP contribution in [0.1, 0.15) is 107 Å². The highest BCUT2D eigenvalue weighted by atomic mass is 16.5. The van der Waals surface area contributed by atoms with Gasteiger partial charge >= 0.3 is 0 Å². The van der Waals surface area contributed by atoms with E-state index in [9.17, 15) is 109 Å². The van der Waals surface area contributed by atoms with Gasteiger partial charge in [-0.2, -0.15) is 0 Å². The molecule has 3 saturated carbocycles. The molecule has 3 heterocycles. The van der Waals surface area contributed by atoms with E-state index in [1.165, 1.54) is 44.7 Å². The first kappa shape index (κ1) is 90.8. The van der Waals surface area contributed by atoms with Gasteiger partial charge in [0.15, 0.2) is 34.2 Å². The fourth-order valence-electron chi connectivity index (χ4n) is 20.7. The molecule has 1 aliphatic heterocycles. The summed E-state index contributed by atoms with van der Waals surface area (Å²) >= 11 is 0. The van der Waals surface area contributed by atoms with E-state index in [4.69, 9.17) is 26.1 Å². The molecule has 3 amide bonds. The van der Waals surface area contributed by atoms with Crippen LogP contribution in [0.2, 0.25) is 0 Å². The first-order chi connectivity index (χ1) is 59.6. The third kappa shape index (κ3) is 15.0. The Bertz CT molecular complexity index is 5870. The Morgan fingerprint density at radius 2 is 0.953 bits per heavy atom. The number of rotatable bonds is 17. The molecule has 16 rings (SSSR count). The number of fused-ring (bicyclic) bond motifs is 9. The largest absolute Gasteiger partial charge is 0.508 e. The van der Waals surface area contributed by atoms with Crippen LogP contribution < -0.4 is 27.4 Å². The number of Topliss-reactive ketones (excluding diaryl/α,β-unsaturated/α-hetero) is 7. The van der Waals surface area contributed by atoms with Gasteiger partial charge in [0.05, 0.1) is 47.6 Å². The molecule has 19 N–H and O–H groups in total. The van der Waals surface area contributed by atoms with Crippen molar-refractivity contribution in [1.29, 1.82) is 0 Å². The summed E-state index contributed by atoms with van der Waals surface area (Å²) in [7, 11) is 15.0. The van der Waals surface area contributed by atoms with Crippen molar-refractivity contribution in [3.05, 3.63) is 186 Å². The van der Waals surface area contributed by atoms with Gasteiger partial charge < -0.3 is 103 Å². The maximum Gasteiger partial charge on any atom is 0.255 e. The Labute approximate surface area is 729 Å². The molecule has 4 fully saturated rings. The Kier molecular flexibility index (Phi) is 23.9. The summed E-state index contributed by atoms with van der Waals surface area (Å²) in [6.07, 6.45) is 2.00. The summed E-state index contributed by atoms with van der Waals surface area (Å²) in [5.74, 6) is -19.7. The number of likely N-dealkylation sites (N-methyl/N-ethyl adjacent to an activating group) is 4. The minimum Gasteiger partial charge on any atom is -0.508 e. The first-order valence-electron chi connectivity index (χ1n) is 41.6. The average Bonchev–Trinajstić information content (AvgIpc) is 1.58. The topological polar surface area (TPSA) is 562 Å². The van der Waals surface area contributed by atoms with Crippen molar-refractivity contribution < 1.29 is 118 Å². The molecule has 127 heavy (non-hydrogen) atoms. The fraction of sp³-hybridized carbons (Fsp3) is 0.424. The first-order valence-corrected chi connectivity index (χ1v) is 41.6. The van der Waals surface area contributed by atoms with Crippen molar-refractivity contribution in [2.45, 2.75) is 126 Å². The molecule has 0 radical (unpaired) electrons. The normalized spacial score (nSPS) is 26.5. The van der Waals surface area contributed by atoms with Crippen LogP contribution in [0.25, 0.3) is 39.7 Å². The Balaban J connectivity index is 0.000000154. The van der Waals surface area contributed by atoms with Gasteiger partial charge in [-0.1, -0.05) is 35.5 Å². The van der Waals surface area contributed by atoms with Gasteiger partial charge in [-0.3, -0.25) is 67.5 Å². The van der Waals surface area contributed by atoms with Crippen molar-refractivity contribution in [2.75, 3.05) is 94.5 Å². The van der Waals surface area contributed by atoms with Crippen LogP contribution in [-0.2, 0) is 81.9 Å². The summed E-state index contributed by atoms with van der Waals surface area (Å²) in [6.45, 7) is 11.5. The van der Waals surface area contributed by atoms with Gasteiger partial charge in [-0.15, -0.1) is 0 Å². The molecule has 9 aliphatic carbocycles. The highest BCUT2D eigenvalue weighted by Gasteiger charge is 2.68. The Morgan fingerprint density at radius 3 is 1.35 bits per heavy atom. The number of nitrogens with zero attached hydrogens (tertiary/aromatic N) is 7. The lowest BCUT2D eigenvalue weighted by molar-refractivity contribution is -0.155. The summed E-state index contributed by atoms with van der Waals surface area (Å²) in [5.41, 5.74) is 11.0. The number of phenols is 3. The molecule has 0 bridgehead atoms. The van der Waals surface area contributed by atoms with Crippen LogP contribution in [0, 0.1) is 35.5 Å². The number of aryl methyl sites for hydroxylation is 1. The molecule has 35 nitrogen and oxygen atoms in total. The number of ketones is 7. The number of aromatic nitrogens is 1. The van der Waals surface area contributed by atoms with Gasteiger partial charge in [0.25, 0.3) is 17.7 Å². The van der Waals surface area contributed by atoms with Gasteiger partial charge in [0.1, 0.15) is 80.0 Å². The van der Waals surface area contributed by atoms with Gasteiger partial charge in [-0.25, -0.2) is 0 Å². The van der Waals surface area contributed by atoms with Crippen molar-refractivity contribution in [1.82, 2.24) is 35.0 Å². The predicted molar refractivity (Wildman–Crippen MR) is 459 cm³/mol. The standard InChI is InChI=1S/C33H38N4O7.C30H35N3O8.C29H32N4O9/c1-35(2)27-22-15-19-14-21-20(18-6-4-17(5-7-18)16-37-12-10-36(3)11-13-37)8-9-23(38)25(21)28(39)24(19)30(41)33(22,44)31(42)26(29(27)40)32(34)43;1-29(2,3)32-12-14-6-9-19(41-14)15-7-8-18(34)21-16(15)10-13-11-17-23(33(4)5)25(36)22(28(31)39)27(38)30(17,40)26(37)20(13)24(21)35;1-32(2)16-11-12(5-6-17(34)18-7-8-31-42-18)23(35)20-14(16)9-13-10-15-22(33(3)4)25(37)21(28(30)40)27(39)29(15,41)26(38)19(13)24(20)36/h4-9,19,22,27,38-39,42,44H,10-16H2,1-3H3,(H2,34,43);6-9,13,17,23,32,34-35,38,40H,10-12H2,1-5H3,(H2,31,39);7-8,11,13,15,22,35-36,39,41H,5-6,9-10H2,1-4H3,(H2,30,40)/t19-,22-,27+,33-;13-,17-,23+,30-;13-,15-,22+,29-/m000/s1. The number of nitrogens with one attached hydrogen (secondary N) is 1. The second-order valence-electron chi connectivity index (χ2n) is 36.5. The van der Waals surface area contributed by atoms with E-state index >= 15 is 0 Å². The Hall–Kier alpha value is -12.5. The number of hydrogen-bond donors (Lipinski definition) is 16. The lowest BCUT2D eigenvalue weighted by Crippen LogP contribution is -2.65. The quantitative estimate of drug-likeness (QED) is 0.0446. The number of phenolic OH excluding ortho intramolecular Hbond substituents is 3. The number of carbonyl (C=O) groups excluding carboxylic acids is 10. The maximum atomic E-state index is 14.1. The summed E-state index contributed by atoms with van der Waals surface area (Å²) in [6, 6.07) is 17.8. The van der Waals surface area contributed by atoms with Crippen LogP contribution >= 0.6 is 0 Å². The molecule has 0 unspecified atom stereocenters. The number of piperazine rings is 1. The Morgan fingerprint density at radius 1 is 0.535 bits per heavy atom. The number of amides is 3. The van der Waals surface area contributed by atoms with Crippen molar-refractivity contribution in [2.24, 2.45) is 52.7 Å². The van der Waals surface area contributed by atoms with E-state index in [0.717, 1.165) is 43.9 Å². The molecular weight excluding hydrogens is 1640 g/mol. The van der Waals surface area contributed by atoms with Crippen molar-refractivity contribution in [3.8, 4) is 39.7 Å². The minimum absolute atomic E-state index is 0.00711. The van der Waals surface area contributed by atoms with E-state index in [1.54, 1.807) is 85.5 Å². The lowest BCUT2D eigenvalue weighted by Gasteiger charge is -2.50. The molecule has 0 spiro atoms. The zero-order valence-electron chi connectivity index (χ0n) is 72.2. The summed E-state index contributed by atoms with van der Waals surface area (Å²) in [5, 5.41) is 143. The lowest BCUT2D eigenvalue weighted by atomic mass is 9.57. The van der Waals surface area contributed by atoms with Crippen LogP contribution in [-0.4, -0.2) is 279 Å². The van der Waals surface area contributed by atoms with Crippen LogP contribution in [0.5, 0.6) is 17.2 Å². The highest BCUT2D eigenvalue weighted by Crippen LogP contribution is 2.59. The number of nitrogens with two attached hydrogens (primary N) is 3. The number of carbonyl (C=O) groups is 10. The molecule has 1 saturated heterocycles. The van der Waals surface area contributed by atoms with Crippen LogP contribution in [0.3, 0.4) is 0 Å². The van der Waals surface area contributed by atoms with Gasteiger partial charge in [-0.05, 0) is 208 Å². The van der Waals surface area contributed by atoms with Gasteiger partial charge in [0.2, 0.25) is 28.9 Å². The molecular formula is C92H105N11O24. The molecule has 10 aliphatic rings. The molecule has 2 aromatic heterocycles. The van der Waals surface area contributed by atoms with E-state index in [0.29, 0.717) is 51.6 Å². The zero-order chi connectivity index (χ0) is 92.7. The van der Waals surface area contributed by atoms with Gasteiger partial charge in [0, 0.05) is 111 Å².